The number of hydrogen-bond acceptors (Lipinski definition) is 3. The predicted octanol–water partition coefficient (Wildman–Crippen LogP) is 5.56. The average Bonchev–Trinajstić information content (AvgIpc) is 3.08. The van der Waals surface area contributed by atoms with Gasteiger partial charge >= 0.3 is 0 Å². The quantitative estimate of drug-likeness (QED) is 0.471. The van der Waals surface area contributed by atoms with Gasteiger partial charge in [0.25, 0.3) is 0 Å². The summed E-state index contributed by atoms with van der Waals surface area (Å²) in [5, 5.41) is 1.31. The molecular formula is C22H23N2PS. The van der Waals surface area contributed by atoms with Crippen molar-refractivity contribution in [1.82, 2.24) is 0 Å². The van der Waals surface area contributed by atoms with E-state index in [-0.39, 0.29) is 0 Å². The monoisotopic (exact) mass is 378 g/mol. The van der Waals surface area contributed by atoms with Crippen LogP contribution in [0.3, 0.4) is 0 Å². The van der Waals surface area contributed by atoms with Crippen molar-refractivity contribution in [2.45, 2.75) is 18.7 Å². The van der Waals surface area contributed by atoms with E-state index in [1.54, 1.807) is 0 Å². The molecule has 0 radical (unpaired) electrons. The molecule has 26 heavy (non-hydrogen) atoms. The van der Waals surface area contributed by atoms with Gasteiger partial charge in [0.05, 0.1) is 0 Å². The summed E-state index contributed by atoms with van der Waals surface area (Å²) >= 11 is 4.77. The molecule has 0 amide bonds. The maximum atomic E-state index is 4.77. The molecule has 1 aliphatic heterocycles. The Balaban J connectivity index is 1.78. The third-order valence-electron chi connectivity index (χ3n) is 4.74. The first-order valence-corrected chi connectivity index (χ1v) is 10.6. The molecule has 1 aliphatic rings. The largest absolute Gasteiger partial charge is 0.328 e. The number of thiol groups is 1. The molecule has 0 unspecified atom stereocenters. The molecule has 2 nitrogen and oxygen atoms in total. The highest BCUT2D eigenvalue weighted by Gasteiger charge is 2.35. The van der Waals surface area contributed by atoms with Crippen LogP contribution in [0.15, 0.2) is 77.7 Å². The van der Waals surface area contributed by atoms with Gasteiger partial charge in [-0.25, -0.2) is 0 Å². The first-order chi connectivity index (χ1) is 12.6. The molecule has 4 rings (SSSR count). The maximum absolute atomic E-state index is 4.77. The lowest BCUT2D eigenvalue weighted by molar-refractivity contribution is 1.02. The highest BCUT2D eigenvalue weighted by atomic mass is 32.1. The van der Waals surface area contributed by atoms with E-state index >= 15 is 0 Å². The second-order valence-electron chi connectivity index (χ2n) is 6.70. The van der Waals surface area contributed by atoms with E-state index in [4.69, 9.17) is 12.6 Å². The molecule has 0 aromatic heterocycles. The predicted molar refractivity (Wildman–Crippen MR) is 117 cm³/mol. The number of anilines is 2. The highest BCUT2D eigenvalue weighted by molar-refractivity contribution is 7.82. The van der Waals surface area contributed by atoms with E-state index < -0.39 is 8.22 Å². The summed E-state index contributed by atoms with van der Waals surface area (Å²) in [6.45, 7) is 6.31. The van der Waals surface area contributed by atoms with Crippen LogP contribution in [0.2, 0.25) is 0 Å². The Morgan fingerprint density at radius 2 is 1.15 bits per heavy atom. The highest BCUT2D eigenvalue weighted by Crippen LogP contribution is 2.53. The van der Waals surface area contributed by atoms with Crippen LogP contribution in [0.4, 0.5) is 11.4 Å². The fourth-order valence-corrected chi connectivity index (χ4v) is 6.28. The molecule has 1 heterocycles. The van der Waals surface area contributed by atoms with Crippen LogP contribution in [-0.2, 0) is 0 Å². The van der Waals surface area contributed by atoms with Gasteiger partial charge in [0, 0.05) is 34.7 Å². The lowest BCUT2D eigenvalue weighted by atomic mass is 10.2. The Kier molecular flexibility index (Phi) is 4.93. The summed E-state index contributed by atoms with van der Waals surface area (Å²) in [5.41, 5.74) is 5.16. The molecule has 1 saturated heterocycles. The van der Waals surface area contributed by atoms with Crippen molar-refractivity contribution in [3.8, 4) is 0 Å². The molecule has 0 atom stereocenters. The molecule has 0 aliphatic carbocycles. The Labute approximate surface area is 162 Å². The fourth-order valence-electron chi connectivity index (χ4n) is 3.31. The van der Waals surface area contributed by atoms with Gasteiger partial charge in [-0.15, -0.1) is 12.6 Å². The number of benzene rings is 3. The van der Waals surface area contributed by atoms with Gasteiger partial charge in [-0.1, -0.05) is 47.5 Å². The van der Waals surface area contributed by atoms with Crippen molar-refractivity contribution < 1.29 is 0 Å². The molecule has 0 spiro atoms. The van der Waals surface area contributed by atoms with Crippen LogP contribution in [0.1, 0.15) is 11.1 Å². The first-order valence-electron chi connectivity index (χ1n) is 8.90. The summed E-state index contributed by atoms with van der Waals surface area (Å²) in [5.74, 6) is 0. The van der Waals surface area contributed by atoms with E-state index in [1.807, 2.05) is 0 Å². The van der Waals surface area contributed by atoms with Crippen molar-refractivity contribution in [3.05, 3.63) is 83.9 Å². The summed E-state index contributed by atoms with van der Waals surface area (Å²) in [7, 11) is -0.669. The third-order valence-corrected chi connectivity index (χ3v) is 7.91. The minimum Gasteiger partial charge on any atom is -0.328 e. The molecule has 0 N–H and O–H groups in total. The van der Waals surface area contributed by atoms with Gasteiger partial charge in [-0.3, -0.25) is 0 Å². The molecule has 0 bridgehead atoms. The van der Waals surface area contributed by atoms with Crippen molar-refractivity contribution >= 4 is 37.5 Å². The van der Waals surface area contributed by atoms with Crippen LogP contribution >= 0.6 is 20.9 Å². The van der Waals surface area contributed by atoms with Gasteiger partial charge in [0.2, 0.25) is 0 Å². The molecule has 1 fully saturated rings. The van der Waals surface area contributed by atoms with Gasteiger partial charge in [-0.2, -0.15) is 0 Å². The van der Waals surface area contributed by atoms with Crippen molar-refractivity contribution in [1.29, 1.82) is 0 Å². The lowest BCUT2D eigenvalue weighted by Gasteiger charge is -2.33. The fraction of sp³-hybridized carbons (Fsp3) is 0.182. The normalized spacial score (nSPS) is 14.9. The zero-order valence-corrected chi connectivity index (χ0v) is 16.9. The Bertz CT molecular complexity index is 839. The number of aryl methyl sites for hydroxylation is 2. The molecule has 132 valence electrons. The van der Waals surface area contributed by atoms with Crippen LogP contribution in [0.5, 0.6) is 0 Å². The molecule has 3 aromatic rings. The van der Waals surface area contributed by atoms with Crippen molar-refractivity contribution in [3.63, 3.8) is 0 Å². The second kappa shape index (κ2) is 7.34. The van der Waals surface area contributed by atoms with Crippen LogP contribution in [-0.4, -0.2) is 13.1 Å². The number of hydrogen-bond donors (Lipinski definition) is 1. The molecule has 0 saturated carbocycles. The van der Waals surface area contributed by atoms with Crippen LogP contribution in [0.25, 0.3) is 0 Å². The Hall–Kier alpha value is -1.96. The standard InChI is InChI=1S/C22H23N2PS/c1-17-7-11-19(12-8-17)23-15-16-24(20-13-9-18(2)10-14-20)25(23)21-5-3-4-6-22(21)26/h3-14,26H,15-16H2,1-2H3. The SMILES string of the molecule is Cc1ccc(N2CCN(c3ccc(C)cc3)P2c2ccccc2S)cc1. The van der Waals surface area contributed by atoms with E-state index in [0.29, 0.717) is 0 Å². The minimum atomic E-state index is -0.669. The lowest BCUT2D eigenvalue weighted by Crippen LogP contribution is -2.23. The number of rotatable bonds is 3. The maximum Gasteiger partial charge on any atom is 0.130 e. The summed E-state index contributed by atoms with van der Waals surface area (Å²) < 4.78 is 5.09. The van der Waals surface area contributed by atoms with Crippen LogP contribution in [0, 0.1) is 13.8 Å². The number of nitrogens with zero attached hydrogens (tertiary/aromatic N) is 2. The minimum absolute atomic E-state index is 0.669. The second-order valence-corrected chi connectivity index (χ2v) is 9.20. The smallest absolute Gasteiger partial charge is 0.130 e. The Morgan fingerprint density at radius 1 is 0.692 bits per heavy atom. The van der Waals surface area contributed by atoms with E-state index in [9.17, 15) is 0 Å². The zero-order valence-electron chi connectivity index (χ0n) is 15.1. The van der Waals surface area contributed by atoms with Crippen molar-refractivity contribution in [2.75, 3.05) is 22.4 Å². The van der Waals surface area contributed by atoms with Gasteiger partial charge in [0.15, 0.2) is 0 Å². The third kappa shape index (κ3) is 3.34. The van der Waals surface area contributed by atoms with Gasteiger partial charge in [-0.05, 0) is 50.2 Å². The summed E-state index contributed by atoms with van der Waals surface area (Å²) in [4.78, 5) is 1.06. The molecular weight excluding hydrogens is 355 g/mol. The van der Waals surface area contributed by atoms with Gasteiger partial charge in [0.1, 0.15) is 8.22 Å². The molecule has 4 heteroatoms. The van der Waals surface area contributed by atoms with E-state index in [2.05, 4.69) is 96.0 Å². The first kappa shape index (κ1) is 17.5. The Morgan fingerprint density at radius 3 is 1.62 bits per heavy atom. The van der Waals surface area contributed by atoms with Gasteiger partial charge < -0.3 is 9.34 Å². The van der Waals surface area contributed by atoms with Crippen molar-refractivity contribution in [2.24, 2.45) is 0 Å². The van der Waals surface area contributed by atoms with Crippen LogP contribution < -0.4 is 14.6 Å². The molecule has 3 aromatic carbocycles. The zero-order chi connectivity index (χ0) is 18.1. The van der Waals surface area contributed by atoms with E-state index in [1.165, 1.54) is 27.8 Å². The van der Waals surface area contributed by atoms with E-state index in [0.717, 1.165) is 18.0 Å². The topological polar surface area (TPSA) is 6.48 Å². The summed E-state index contributed by atoms with van der Waals surface area (Å²) in [6, 6.07) is 26.3. The summed E-state index contributed by atoms with van der Waals surface area (Å²) in [6.07, 6.45) is 0. The average molecular weight is 378 g/mol.